The topological polar surface area (TPSA) is 65.5 Å². The van der Waals surface area contributed by atoms with Crippen molar-refractivity contribution in [3.8, 4) is 23.1 Å². The number of hydrogen-bond acceptors (Lipinski definition) is 5. The van der Waals surface area contributed by atoms with Crippen molar-refractivity contribution in [2.75, 3.05) is 6.26 Å². The van der Waals surface area contributed by atoms with Crippen LogP contribution in [0.1, 0.15) is 31.1 Å². The van der Waals surface area contributed by atoms with Crippen LogP contribution in [0.3, 0.4) is 0 Å². The zero-order valence-corrected chi connectivity index (χ0v) is 17.2. The maximum atomic E-state index is 11.8. The van der Waals surface area contributed by atoms with Crippen molar-refractivity contribution in [1.82, 2.24) is 4.98 Å². The molecule has 0 amide bonds. The first-order valence-corrected chi connectivity index (χ1v) is 10.4. The molecule has 2 aromatic carbocycles. The van der Waals surface area contributed by atoms with Gasteiger partial charge in [-0.1, -0.05) is 19.9 Å². The van der Waals surface area contributed by atoms with Gasteiger partial charge in [0.15, 0.2) is 5.78 Å². The van der Waals surface area contributed by atoms with Gasteiger partial charge in [-0.3, -0.25) is 9.00 Å². The van der Waals surface area contributed by atoms with Crippen molar-refractivity contribution in [3.05, 3.63) is 72.4 Å². The van der Waals surface area contributed by atoms with Crippen molar-refractivity contribution < 1.29 is 18.5 Å². The third kappa shape index (κ3) is 6.03. The van der Waals surface area contributed by atoms with Gasteiger partial charge in [-0.25, -0.2) is 4.98 Å². The quantitative estimate of drug-likeness (QED) is 0.504. The molecule has 0 radical (unpaired) electrons. The average molecular weight is 397 g/mol. The Kier molecular flexibility index (Phi) is 7.89. The van der Waals surface area contributed by atoms with E-state index >= 15 is 0 Å². The molecule has 1 unspecified atom stereocenters. The lowest BCUT2D eigenvalue weighted by atomic mass is 10.1. The van der Waals surface area contributed by atoms with Crippen molar-refractivity contribution in [2.24, 2.45) is 0 Å². The first-order chi connectivity index (χ1) is 13.5. The fourth-order valence-electron chi connectivity index (χ4n) is 2.26. The molecule has 0 saturated heterocycles. The van der Waals surface area contributed by atoms with Crippen molar-refractivity contribution in [2.45, 2.75) is 25.7 Å². The number of ketones is 1. The number of pyridine rings is 1. The van der Waals surface area contributed by atoms with Crippen LogP contribution in [0.15, 0.2) is 71.8 Å². The van der Waals surface area contributed by atoms with E-state index in [-0.39, 0.29) is 5.78 Å². The number of benzene rings is 2. The molecule has 146 valence electrons. The van der Waals surface area contributed by atoms with Crippen LogP contribution >= 0.6 is 0 Å². The van der Waals surface area contributed by atoms with Crippen LogP contribution in [0.25, 0.3) is 0 Å². The summed E-state index contributed by atoms with van der Waals surface area (Å²) < 4.78 is 23.0. The van der Waals surface area contributed by atoms with Crippen LogP contribution in [-0.2, 0) is 10.8 Å². The Balaban J connectivity index is 0.00000136. The van der Waals surface area contributed by atoms with Crippen LogP contribution in [0.5, 0.6) is 23.1 Å². The van der Waals surface area contributed by atoms with Gasteiger partial charge < -0.3 is 9.47 Å². The third-order valence-electron chi connectivity index (χ3n) is 3.54. The van der Waals surface area contributed by atoms with Crippen LogP contribution in [0.2, 0.25) is 0 Å². The van der Waals surface area contributed by atoms with Crippen LogP contribution in [0, 0.1) is 0 Å². The molecule has 0 aliphatic rings. The minimum absolute atomic E-state index is 0.0990. The summed E-state index contributed by atoms with van der Waals surface area (Å²) in [4.78, 5) is 16.6. The fraction of sp³-hybridized carbons (Fsp3) is 0.182. The summed E-state index contributed by atoms with van der Waals surface area (Å²) in [5.74, 6) is 1.82. The van der Waals surface area contributed by atoms with Gasteiger partial charge in [-0.2, -0.15) is 0 Å². The molecule has 3 rings (SSSR count). The van der Waals surface area contributed by atoms with E-state index in [1.54, 1.807) is 67.0 Å². The summed E-state index contributed by atoms with van der Waals surface area (Å²) in [5.41, 5.74) is 0.472. The molecule has 0 aliphatic heterocycles. The number of carbonyl (C=O) groups is 1. The van der Waals surface area contributed by atoms with Gasteiger partial charge in [0.2, 0.25) is 5.88 Å². The summed E-state index contributed by atoms with van der Waals surface area (Å²) in [7, 11) is -1.05. The number of nitrogens with zero attached hydrogens (tertiary/aromatic N) is 1. The summed E-state index contributed by atoms with van der Waals surface area (Å²) in [5, 5.41) is 0. The average Bonchev–Trinajstić information content (AvgIpc) is 2.70. The van der Waals surface area contributed by atoms with Crippen LogP contribution in [0.4, 0.5) is 0 Å². The van der Waals surface area contributed by atoms with Crippen LogP contribution in [-0.4, -0.2) is 21.2 Å². The maximum Gasteiger partial charge on any atom is 0.219 e. The first kappa shape index (κ1) is 21.3. The Morgan fingerprint density at radius 3 is 2.07 bits per heavy atom. The predicted molar refractivity (Wildman–Crippen MR) is 111 cm³/mol. The van der Waals surface area contributed by atoms with E-state index in [0.717, 1.165) is 0 Å². The molecule has 3 aromatic rings. The second kappa shape index (κ2) is 10.4. The van der Waals surface area contributed by atoms with Gasteiger partial charge in [0.1, 0.15) is 17.2 Å². The largest absolute Gasteiger partial charge is 0.457 e. The van der Waals surface area contributed by atoms with Crippen LogP contribution < -0.4 is 9.47 Å². The van der Waals surface area contributed by atoms with Crippen molar-refractivity contribution in [1.29, 1.82) is 0 Å². The molecular weight excluding hydrogens is 374 g/mol. The van der Waals surface area contributed by atoms with Gasteiger partial charge in [0, 0.05) is 45.8 Å². The molecule has 1 heterocycles. The highest BCUT2D eigenvalue weighted by atomic mass is 32.2. The number of hydrogen-bond donors (Lipinski definition) is 0. The second-order valence-corrected chi connectivity index (χ2v) is 6.93. The molecule has 1 atom stereocenters. The second-order valence-electron chi connectivity index (χ2n) is 5.55. The highest BCUT2D eigenvalue weighted by Crippen LogP contribution is 2.30. The molecular formula is C22H23NO4S. The van der Waals surface area contributed by atoms with Gasteiger partial charge in [0.25, 0.3) is 0 Å². The Morgan fingerprint density at radius 2 is 1.54 bits per heavy atom. The highest BCUT2D eigenvalue weighted by Gasteiger charge is 2.09. The van der Waals surface area contributed by atoms with E-state index in [2.05, 4.69) is 4.98 Å². The number of rotatable bonds is 6. The summed E-state index contributed by atoms with van der Waals surface area (Å²) in [6.07, 6.45) is 3.24. The molecule has 28 heavy (non-hydrogen) atoms. The van der Waals surface area contributed by atoms with Gasteiger partial charge in [-0.15, -0.1) is 0 Å². The fourth-order valence-corrected chi connectivity index (χ4v) is 2.78. The molecule has 6 heteroatoms. The Bertz CT molecular complexity index is 941. The molecule has 0 aliphatic carbocycles. The van der Waals surface area contributed by atoms with E-state index in [4.69, 9.17) is 9.47 Å². The SMILES string of the molecule is CC.CC(=O)c1cc(Oc2ccc(S(C)=O)cc2)cc(Oc2ccccn2)c1. The Labute approximate surface area is 167 Å². The number of carbonyl (C=O) groups excluding carboxylic acids is 1. The number of ether oxygens (including phenoxy) is 2. The van der Waals surface area contributed by atoms with Gasteiger partial charge in [0.05, 0.1) is 0 Å². The zero-order valence-electron chi connectivity index (χ0n) is 16.3. The highest BCUT2D eigenvalue weighted by molar-refractivity contribution is 7.84. The molecule has 0 bridgehead atoms. The first-order valence-electron chi connectivity index (χ1n) is 8.87. The molecule has 0 saturated carbocycles. The summed E-state index contributed by atoms with van der Waals surface area (Å²) in [6.45, 7) is 5.48. The minimum Gasteiger partial charge on any atom is -0.457 e. The van der Waals surface area contributed by atoms with Gasteiger partial charge in [-0.05, 0) is 49.4 Å². The molecule has 0 N–H and O–H groups in total. The van der Waals surface area contributed by atoms with E-state index in [0.29, 0.717) is 33.6 Å². The van der Waals surface area contributed by atoms with E-state index in [1.165, 1.54) is 6.92 Å². The monoisotopic (exact) mass is 397 g/mol. The lowest BCUT2D eigenvalue weighted by molar-refractivity contribution is 0.101. The lowest BCUT2D eigenvalue weighted by Gasteiger charge is -2.11. The minimum atomic E-state index is -1.05. The summed E-state index contributed by atoms with van der Waals surface area (Å²) >= 11 is 0. The third-order valence-corrected chi connectivity index (χ3v) is 4.47. The Hall–Kier alpha value is -2.99. The van der Waals surface area contributed by atoms with E-state index < -0.39 is 10.8 Å². The lowest BCUT2D eigenvalue weighted by Crippen LogP contribution is -1.96. The number of Topliss-reactive ketones (excluding diaryl/α,β-unsaturated/α-hetero) is 1. The van der Waals surface area contributed by atoms with Crippen molar-refractivity contribution >= 4 is 16.6 Å². The smallest absolute Gasteiger partial charge is 0.219 e. The standard InChI is InChI=1S/C20H17NO4S.C2H6/c1-14(22)15-11-17(24-16-6-8-19(9-7-16)26(2)23)13-18(12-15)25-20-5-3-4-10-21-20;1-2/h3-13H,1-2H3;1-2H3. The zero-order chi connectivity index (χ0) is 20.5. The van der Waals surface area contributed by atoms with Gasteiger partial charge >= 0.3 is 0 Å². The van der Waals surface area contributed by atoms with E-state index in [1.807, 2.05) is 19.9 Å². The van der Waals surface area contributed by atoms with E-state index in [9.17, 15) is 9.00 Å². The molecule has 5 nitrogen and oxygen atoms in total. The molecule has 1 aromatic heterocycles. The molecule has 0 fully saturated rings. The normalized spacial score (nSPS) is 11.0. The summed E-state index contributed by atoms with van der Waals surface area (Å²) in [6, 6.07) is 17.3. The predicted octanol–water partition coefficient (Wildman–Crippen LogP) is 5.63. The molecule has 0 spiro atoms. The number of aromatic nitrogens is 1. The Morgan fingerprint density at radius 1 is 0.893 bits per heavy atom. The maximum absolute atomic E-state index is 11.8. The van der Waals surface area contributed by atoms with Crippen molar-refractivity contribution in [3.63, 3.8) is 0 Å².